The molecule has 1 nitrogen and oxygen atoms in total. The molecule has 0 rings (SSSR count). The van der Waals surface area contributed by atoms with Crippen molar-refractivity contribution in [2.45, 2.75) is 41.5 Å². The molecule has 0 amide bonds. The maximum absolute atomic E-state index is 2.41. The molecule has 3 unspecified atom stereocenters. The molecule has 0 aliphatic carbocycles. The van der Waals surface area contributed by atoms with Crippen LogP contribution in [0.2, 0.25) is 0 Å². The Morgan fingerprint density at radius 3 is 1.79 bits per heavy atom. The molecule has 0 aromatic carbocycles. The third kappa shape index (κ3) is 4.45. The van der Waals surface area contributed by atoms with Gasteiger partial charge in [-0.2, -0.15) is 0 Å². The Kier molecular flexibility index (Phi) is 6.43. The van der Waals surface area contributed by atoms with Crippen molar-refractivity contribution in [2.24, 2.45) is 23.7 Å². The molecule has 0 spiro atoms. The Morgan fingerprint density at radius 1 is 0.929 bits per heavy atom. The van der Waals surface area contributed by atoms with Crippen LogP contribution in [0.3, 0.4) is 0 Å². The Hall–Kier alpha value is -0.0400. The quantitative estimate of drug-likeness (QED) is 0.633. The van der Waals surface area contributed by atoms with E-state index in [0.717, 1.165) is 30.2 Å². The average molecular weight is 199 g/mol. The molecular weight excluding hydrogens is 170 g/mol. The number of rotatable bonds is 6. The Labute approximate surface area is 90.9 Å². The molecule has 14 heavy (non-hydrogen) atoms. The topological polar surface area (TPSA) is 3.24 Å². The van der Waals surface area contributed by atoms with E-state index >= 15 is 0 Å². The summed E-state index contributed by atoms with van der Waals surface area (Å²) in [6.07, 6.45) is 0. The highest BCUT2D eigenvalue weighted by Gasteiger charge is 2.21. The molecule has 0 radical (unpaired) electrons. The van der Waals surface area contributed by atoms with Crippen LogP contribution in [0.5, 0.6) is 0 Å². The fourth-order valence-corrected chi connectivity index (χ4v) is 1.91. The summed E-state index contributed by atoms with van der Waals surface area (Å²) >= 11 is 0. The monoisotopic (exact) mass is 199 g/mol. The fraction of sp³-hybridized carbons (Fsp3) is 1.00. The van der Waals surface area contributed by atoms with E-state index in [2.05, 4.69) is 53.5 Å². The maximum Gasteiger partial charge on any atom is 0.000650 e. The number of hydrogen-bond donors (Lipinski definition) is 0. The van der Waals surface area contributed by atoms with Crippen LogP contribution in [-0.2, 0) is 0 Å². The zero-order chi connectivity index (χ0) is 11.3. The number of hydrogen-bond acceptors (Lipinski definition) is 1. The summed E-state index contributed by atoms with van der Waals surface area (Å²) in [4.78, 5) is 2.41. The average Bonchev–Trinajstić information content (AvgIpc) is 2.14. The van der Waals surface area contributed by atoms with Gasteiger partial charge in [-0.1, -0.05) is 41.5 Å². The van der Waals surface area contributed by atoms with Gasteiger partial charge < -0.3 is 4.90 Å². The summed E-state index contributed by atoms with van der Waals surface area (Å²) < 4.78 is 0. The first-order chi connectivity index (χ1) is 6.40. The summed E-state index contributed by atoms with van der Waals surface area (Å²) in [5, 5.41) is 0. The van der Waals surface area contributed by atoms with E-state index in [-0.39, 0.29) is 0 Å². The van der Waals surface area contributed by atoms with Gasteiger partial charge in [0.15, 0.2) is 0 Å². The zero-order valence-corrected chi connectivity index (χ0v) is 11.2. The third-order valence-electron chi connectivity index (χ3n) is 3.92. The summed E-state index contributed by atoms with van der Waals surface area (Å²) in [7, 11) is 2.21. The Morgan fingerprint density at radius 2 is 1.43 bits per heavy atom. The van der Waals surface area contributed by atoms with E-state index in [1.54, 1.807) is 0 Å². The van der Waals surface area contributed by atoms with Gasteiger partial charge in [0.1, 0.15) is 0 Å². The van der Waals surface area contributed by atoms with Gasteiger partial charge in [-0.05, 0) is 37.3 Å². The highest BCUT2D eigenvalue weighted by molar-refractivity contribution is 4.72. The third-order valence-corrected chi connectivity index (χ3v) is 3.92. The first-order valence-corrected chi connectivity index (χ1v) is 6.08. The molecule has 3 atom stereocenters. The molecule has 0 aliphatic heterocycles. The van der Waals surface area contributed by atoms with E-state index in [4.69, 9.17) is 0 Å². The van der Waals surface area contributed by atoms with Gasteiger partial charge in [0.25, 0.3) is 0 Å². The van der Waals surface area contributed by atoms with Crippen LogP contribution in [0.15, 0.2) is 0 Å². The van der Waals surface area contributed by atoms with Crippen molar-refractivity contribution in [3.8, 4) is 0 Å². The summed E-state index contributed by atoms with van der Waals surface area (Å²) in [6, 6.07) is 0. The van der Waals surface area contributed by atoms with E-state index in [9.17, 15) is 0 Å². The van der Waals surface area contributed by atoms with Gasteiger partial charge in [0.05, 0.1) is 0 Å². The van der Waals surface area contributed by atoms with Crippen molar-refractivity contribution in [3.63, 3.8) is 0 Å². The van der Waals surface area contributed by atoms with Crippen molar-refractivity contribution in [3.05, 3.63) is 0 Å². The van der Waals surface area contributed by atoms with E-state index < -0.39 is 0 Å². The van der Waals surface area contributed by atoms with Gasteiger partial charge in [0.2, 0.25) is 0 Å². The first kappa shape index (κ1) is 14.0. The Balaban J connectivity index is 4.04. The predicted octanol–water partition coefficient (Wildman–Crippen LogP) is 3.50. The van der Waals surface area contributed by atoms with Crippen molar-refractivity contribution in [1.29, 1.82) is 0 Å². The van der Waals surface area contributed by atoms with Crippen LogP contribution in [0, 0.1) is 23.7 Å². The van der Waals surface area contributed by atoms with Gasteiger partial charge in [-0.3, -0.25) is 0 Å². The summed E-state index contributed by atoms with van der Waals surface area (Å²) in [5.74, 6) is 3.26. The van der Waals surface area contributed by atoms with Crippen molar-refractivity contribution in [1.82, 2.24) is 4.90 Å². The standard InChI is InChI=1S/C13H29N/c1-8-14(7)9-11(4)13(6)12(5)10(2)3/h10-13H,8-9H2,1-7H3. The molecule has 0 heterocycles. The van der Waals surface area contributed by atoms with E-state index in [0.29, 0.717) is 0 Å². The minimum Gasteiger partial charge on any atom is -0.306 e. The van der Waals surface area contributed by atoms with Gasteiger partial charge in [-0.25, -0.2) is 0 Å². The van der Waals surface area contributed by atoms with Crippen LogP contribution < -0.4 is 0 Å². The molecule has 0 aliphatic rings. The predicted molar refractivity (Wildman–Crippen MR) is 65.5 cm³/mol. The second-order valence-corrected chi connectivity index (χ2v) is 5.29. The molecule has 0 aromatic rings. The summed E-state index contributed by atoms with van der Waals surface area (Å²) in [5.41, 5.74) is 0. The number of nitrogens with zero attached hydrogens (tertiary/aromatic N) is 1. The minimum atomic E-state index is 0.803. The van der Waals surface area contributed by atoms with Crippen LogP contribution >= 0.6 is 0 Å². The molecule has 0 saturated carbocycles. The lowest BCUT2D eigenvalue weighted by molar-refractivity contribution is 0.178. The molecule has 86 valence electrons. The lowest BCUT2D eigenvalue weighted by Crippen LogP contribution is -2.31. The second-order valence-electron chi connectivity index (χ2n) is 5.29. The maximum atomic E-state index is 2.41. The SMILES string of the molecule is CCN(C)CC(C)C(C)C(C)C(C)C. The molecular formula is C13H29N. The van der Waals surface area contributed by atoms with Crippen LogP contribution in [0.25, 0.3) is 0 Å². The lowest BCUT2D eigenvalue weighted by atomic mass is 9.79. The molecule has 1 heteroatoms. The van der Waals surface area contributed by atoms with Crippen molar-refractivity contribution < 1.29 is 0 Å². The van der Waals surface area contributed by atoms with E-state index in [1.807, 2.05) is 0 Å². The molecule has 0 aromatic heterocycles. The highest BCUT2D eigenvalue weighted by atomic mass is 15.1. The van der Waals surface area contributed by atoms with Gasteiger partial charge >= 0.3 is 0 Å². The van der Waals surface area contributed by atoms with Gasteiger partial charge in [0, 0.05) is 6.54 Å². The second kappa shape index (κ2) is 6.44. The van der Waals surface area contributed by atoms with Crippen molar-refractivity contribution in [2.75, 3.05) is 20.1 Å². The fourth-order valence-electron chi connectivity index (χ4n) is 1.91. The molecule has 0 bridgehead atoms. The van der Waals surface area contributed by atoms with Gasteiger partial charge in [-0.15, -0.1) is 0 Å². The zero-order valence-electron chi connectivity index (χ0n) is 11.2. The largest absolute Gasteiger partial charge is 0.306 e. The molecule has 0 N–H and O–H groups in total. The van der Waals surface area contributed by atoms with Crippen LogP contribution in [0.4, 0.5) is 0 Å². The molecule has 0 fully saturated rings. The summed E-state index contributed by atoms with van der Waals surface area (Å²) in [6.45, 7) is 16.5. The van der Waals surface area contributed by atoms with Crippen LogP contribution in [0.1, 0.15) is 41.5 Å². The smallest absolute Gasteiger partial charge is 0.000650 e. The van der Waals surface area contributed by atoms with E-state index in [1.165, 1.54) is 6.54 Å². The normalized spacial score (nSPS) is 18.6. The minimum absolute atomic E-state index is 0.803. The Bertz CT molecular complexity index is 142. The highest BCUT2D eigenvalue weighted by Crippen LogP contribution is 2.26. The first-order valence-electron chi connectivity index (χ1n) is 6.08. The molecule has 0 saturated heterocycles. The van der Waals surface area contributed by atoms with Crippen LogP contribution in [-0.4, -0.2) is 25.0 Å². The van der Waals surface area contributed by atoms with Crippen molar-refractivity contribution >= 4 is 0 Å². The lowest BCUT2D eigenvalue weighted by Gasteiger charge is -2.31.